The number of esters is 1. The van der Waals surface area contributed by atoms with Gasteiger partial charge in [0, 0.05) is 12.2 Å². The van der Waals surface area contributed by atoms with Crippen LogP contribution in [0.1, 0.15) is 59.3 Å². The Morgan fingerprint density at radius 3 is 2.33 bits per heavy atom. The molecule has 1 aliphatic rings. The van der Waals surface area contributed by atoms with Gasteiger partial charge in [-0.25, -0.2) is 9.59 Å². The van der Waals surface area contributed by atoms with Gasteiger partial charge < -0.3 is 9.84 Å². The van der Waals surface area contributed by atoms with E-state index in [1.807, 2.05) is 0 Å². The second-order valence-electron chi connectivity index (χ2n) is 6.69. The summed E-state index contributed by atoms with van der Waals surface area (Å²) >= 11 is 0. The first-order chi connectivity index (χ1) is 9.85. The van der Waals surface area contributed by atoms with Crippen LogP contribution >= 0.6 is 0 Å². The van der Waals surface area contributed by atoms with E-state index < -0.39 is 11.9 Å². The van der Waals surface area contributed by atoms with Gasteiger partial charge in [-0.1, -0.05) is 40.0 Å². The highest BCUT2D eigenvalue weighted by Gasteiger charge is 2.31. The predicted molar refractivity (Wildman–Crippen MR) is 81.9 cm³/mol. The average Bonchev–Trinajstić information content (AvgIpc) is 2.45. The van der Waals surface area contributed by atoms with Crippen LogP contribution in [-0.4, -0.2) is 23.7 Å². The summed E-state index contributed by atoms with van der Waals surface area (Å²) in [5.41, 5.74) is 0.430. The van der Waals surface area contributed by atoms with Crippen molar-refractivity contribution in [1.29, 1.82) is 0 Å². The number of rotatable bonds is 7. The third-order valence-corrected chi connectivity index (χ3v) is 5.00. The third-order valence-electron chi connectivity index (χ3n) is 5.00. The molecule has 21 heavy (non-hydrogen) atoms. The monoisotopic (exact) mass is 296 g/mol. The van der Waals surface area contributed by atoms with Crippen molar-refractivity contribution < 1.29 is 19.4 Å². The Morgan fingerprint density at radius 1 is 1.19 bits per heavy atom. The Kier molecular flexibility index (Phi) is 6.93. The van der Waals surface area contributed by atoms with Gasteiger partial charge >= 0.3 is 11.9 Å². The lowest BCUT2D eigenvalue weighted by Crippen LogP contribution is -2.28. The van der Waals surface area contributed by atoms with Crippen molar-refractivity contribution in [2.75, 3.05) is 6.61 Å². The summed E-state index contributed by atoms with van der Waals surface area (Å²) in [5, 5.41) is 8.41. The highest BCUT2D eigenvalue weighted by Crippen LogP contribution is 2.42. The van der Waals surface area contributed by atoms with Crippen molar-refractivity contribution in [3.05, 3.63) is 12.2 Å². The lowest BCUT2D eigenvalue weighted by molar-refractivity contribution is -0.139. The number of aliphatic carboxylic acids is 1. The normalized spacial score (nSPS) is 23.2. The number of hydrogen-bond donors (Lipinski definition) is 1. The fourth-order valence-electron chi connectivity index (χ4n) is 3.03. The van der Waals surface area contributed by atoms with Gasteiger partial charge in [-0.05, 0) is 36.5 Å². The molecule has 1 N–H and O–H groups in total. The van der Waals surface area contributed by atoms with E-state index >= 15 is 0 Å². The molecule has 120 valence electrons. The summed E-state index contributed by atoms with van der Waals surface area (Å²) in [6, 6.07) is 0. The molecule has 0 aromatic carbocycles. The first kappa shape index (κ1) is 17.7. The summed E-state index contributed by atoms with van der Waals surface area (Å²) in [4.78, 5) is 21.5. The van der Waals surface area contributed by atoms with Crippen molar-refractivity contribution in [2.24, 2.45) is 17.3 Å². The minimum Gasteiger partial charge on any atom is -0.478 e. The maximum Gasteiger partial charge on any atom is 0.331 e. The molecule has 4 nitrogen and oxygen atoms in total. The number of carbonyl (C=O) groups is 2. The smallest absolute Gasteiger partial charge is 0.331 e. The summed E-state index contributed by atoms with van der Waals surface area (Å²) in [6.07, 6.45) is 8.80. The molecule has 0 unspecified atom stereocenters. The second kappa shape index (κ2) is 8.20. The van der Waals surface area contributed by atoms with Crippen LogP contribution < -0.4 is 0 Å². The van der Waals surface area contributed by atoms with E-state index in [1.54, 1.807) is 0 Å². The maximum atomic E-state index is 11.2. The van der Waals surface area contributed by atoms with Crippen LogP contribution in [-0.2, 0) is 14.3 Å². The fourth-order valence-corrected chi connectivity index (χ4v) is 3.03. The number of carboxylic acids is 1. The first-order valence-electron chi connectivity index (χ1n) is 7.93. The molecule has 1 fully saturated rings. The summed E-state index contributed by atoms with van der Waals surface area (Å²) < 4.78 is 5.02. The number of carbonyl (C=O) groups excluding carboxylic acids is 1. The number of ether oxygens (including phenoxy) is 1. The van der Waals surface area contributed by atoms with Gasteiger partial charge in [0.05, 0.1) is 6.61 Å². The molecule has 0 bridgehead atoms. The van der Waals surface area contributed by atoms with E-state index in [0.717, 1.165) is 24.5 Å². The molecule has 1 saturated carbocycles. The molecular formula is C17H28O4. The Morgan fingerprint density at radius 2 is 1.81 bits per heavy atom. The maximum absolute atomic E-state index is 11.2. The lowest BCUT2D eigenvalue weighted by Gasteiger charge is -2.38. The summed E-state index contributed by atoms with van der Waals surface area (Å²) in [5.74, 6) is -0.271. The SMILES string of the molecule is CCC(C)(C)C1CCC(CCOC(=O)/C=C/C(=O)O)CC1. The lowest BCUT2D eigenvalue weighted by atomic mass is 9.67. The van der Waals surface area contributed by atoms with Crippen LogP contribution in [0.2, 0.25) is 0 Å². The molecule has 0 aromatic rings. The van der Waals surface area contributed by atoms with Gasteiger partial charge in [0.25, 0.3) is 0 Å². The largest absolute Gasteiger partial charge is 0.478 e. The fraction of sp³-hybridized carbons (Fsp3) is 0.765. The molecule has 0 aliphatic heterocycles. The van der Waals surface area contributed by atoms with Crippen LogP contribution in [0.4, 0.5) is 0 Å². The molecule has 0 amide bonds. The Balaban J connectivity index is 2.22. The van der Waals surface area contributed by atoms with Crippen molar-refractivity contribution in [3.8, 4) is 0 Å². The van der Waals surface area contributed by atoms with Crippen molar-refractivity contribution >= 4 is 11.9 Å². The van der Waals surface area contributed by atoms with Crippen molar-refractivity contribution in [1.82, 2.24) is 0 Å². The van der Waals surface area contributed by atoms with E-state index in [0.29, 0.717) is 17.9 Å². The van der Waals surface area contributed by atoms with E-state index in [2.05, 4.69) is 20.8 Å². The molecule has 0 heterocycles. The number of carboxylic acid groups (broad SMARTS) is 1. The minimum atomic E-state index is -1.14. The molecule has 0 aromatic heterocycles. The third kappa shape index (κ3) is 6.32. The molecule has 4 heteroatoms. The Hall–Kier alpha value is -1.32. The quantitative estimate of drug-likeness (QED) is 0.573. The average molecular weight is 296 g/mol. The zero-order valence-corrected chi connectivity index (χ0v) is 13.4. The molecule has 1 rings (SSSR count). The van der Waals surface area contributed by atoms with Crippen LogP contribution in [0.5, 0.6) is 0 Å². The summed E-state index contributed by atoms with van der Waals surface area (Å²) in [7, 11) is 0. The molecule has 0 atom stereocenters. The molecule has 1 aliphatic carbocycles. The molecule has 0 radical (unpaired) electrons. The molecule has 0 saturated heterocycles. The van der Waals surface area contributed by atoms with E-state index in [1.165, 1.54) is 32.1 Å². The van der Waals surface area contributed by atoms with E-state index in [9.17, 15) is 9.59 Å². The van der Waals surface area contributed by atoms with Crippen molar-refractivity contribution in [3.63, 3.8) is 0 Å². The van der Waals surface area contributed by atoms with E-state index in [4.69, 9.17) is 9.84 Å². The highest BCUT2D eigenvalue weighted by molar-refractivity contribution is 5.90. The molecular weight excluding hydrogens is 268 g/mol. The van der Waals surface area contributed by atoms with Crippen LogP contribution in [0.3, 0.4) is 0 Å². The Bertz CT molecular complexity index is 376. The van der Waals surface area contributed by atoms with Gasteiger partial charge in [-0.2, -0.15) is 0 Å². The first-order valence-corrected chi connectivity index (χ1v) is 7.93. The van der Waals surface area contributed by atoms with Crippen LogP contribution in [0.15, 0.2) is 12.2 Å². The minimum absolute atomic E-state index is 0.384. The van der Waals surface area contributed by atoms with Crippen molar-refractivity contribution in [2.45, 2.75) is 59.3 Å². The van der Waals surface area contributed by atoms with Gasteiger partial charge in [0.15, 0.2) is 0 Å². The zero-order valence-electron chi connectivity index (χ0n) is 13.4. The zero-order chi connectivity index (χ0) is 15.9. The van der Waals surface area contributed by atoms with Gasteiger partial charge in [-0.15, -0.1) is 0 Å². The van der Waals surface area contributed by atoms with E-state index in [-0.39, 0.29) is 0 Å². The highest BCUT2D eigenvalue weighted by atomic mass is 16.5. The van der Waals surface area contributed by atoms with Crippen LogP contribution in [0, 0.1) is 17.3 Å². The second-order valence-corrected chi connectivity index (χ2v) is 6.69. The molecule has 0 spiro atoms. The summed E-state index contributed by atoms with van der Waals surface area (Å²) in [6.45, 7) is 7.36. The van der Waals surface area contributed by atoms with Crippen LogP contribution in [0.25, 0.3) is 0 Å². The standard InChI is InChI=1S/C17H28O4/c1-4-17(2,3)14-7-5-13(6-8-14)11-12-21-16(20)10-9-15(18)19/h9-10,13-14H,4-8,11-12H2,1-3H3,(H,18,19)/b10-9+. The Labute approximate surface area is 127 Å². The topological polar surface area (TPSA) is 63.6 Å². The van der Waals surface area contributed by atoms with Gasteiger partial charge in [0.2, 0.25) is 0 Å². The predicted octanol–water partition coefficient (Wildman–Crippen LogP) is 3.80. The number of hydrogen-bond acceptors (Lipinski definition) is 3. The van der Waals surface area contributed by atoms with Gasteiger partial charge in [0.1, 0.15) is 0 Å². The van der Waals surface area contributed by atoms with Gasteiger partial charge in [-0.3, -0.25) is 0 Å².